The van der Waals surface area contributed by atoms with Crippen LogP contribution in [0.15, 0.2) is 6.20 Å². The van der Waals surface area contributed by atoms with E-state index in [0.29, 0.717) is 0 Å². The Kier molecular flexibility index (Phi) is 5.80. The number of amides is 1. The molecule has 1 amide bonds. The summed E-state index contributed by atoms with van der Waals surface area (Å²) in [4.78, 5) is 22.5. The predicted octanol–water partition coefficient (Wildman–Crippen LogP) is 2.07. The Labute approximate surface area is 121 Å². The van der Waals surface area contributed by atoms with Gasteiger partial charge in [0, 0.05) is 12.6 Å². The van der Waals surface area contributed by atoms with E-state index >= 15 is 0 Å². The molecule has 1 rings (SSSR count). The molecule has 0 saturated carbocycles. The van der Waals surface area contributed by atoms with Crippen LogP contribution in [0.1, 0.15) is 49.7 Å². The fourth-order valence-corrected chi connectivity index (χ4v) is 1.91. The molecule has 1 aromatic rings. The minimum absolute atomic E-state index is 0.101. The molecule has 1 atom stereocenters. The van der Waals surface area contributed by atoms with Gasteiger partial charge in [0.2, 0.25) is 0 Å². The molecule has 8 heteroatoms. The molecule has 0 aromatic carbocycles. The van der Waals surface area contributed by atoms with Crippen LogP contribution in [0.5, 0.6) is 0 Å². The van der Waals surface area contributed by atoms with Gasteiger partial charge >= 0.3 is 5.97 Å². The van der Waals surface area contributed by atoms with Crippen molar-refractivity contribution < 1.29 is 23.5 Å². The van der Waals surface area contributed by atoms with Crippen molar-refractivity contribution in [1.29, 1.82) is 0 Å². The van der Waals surface area contributed by atoms with Crippen molar-refractivity contribution in [3.8, 4) is 0 Å². The number of nitrogens with one attached hydrogen (secondary N) is 1. The van der Waals surface area contributed by atoms with Crippen molar-refractivity contribution in [3.05, 3.63) is 17.5 Å². The van der Waals surface area contributed by atoms with E-state index in [1.165, 1.54) is 6.92 Å². The molecular formula is C13H19F2N3O3. The van der Waals surface area contributed by atoms with Crippen LogP contribution in [0.3, 0.4) is 0 Å². The standard InChI is InChI=1S/C13H19F2N3O3/c1-7(2)6-18-11(12(14)15)9(5-16-18)13(21)17-8(3)4-10(19)20/h5,7-8,12H,4,6H2,1-3H3,(H,17,21)(H,19,20). The number of rotatable bonds is 7. The summed E-state index contributed by atoms with van der Waals surface area (Å²) < 4.78 is 27.4. The van der Waals surface area contributed by atoms with Gasteiger partial charge in [-0.3, -0.25) is 14.3 Å². The molecule has 0 aliphatic rings. The van der Waals surface area contributed by atoms with Crippen LogP contribution >= 0.6 is 0 Å². The lowest BCUT2D eigenvalue weighted by atomic mass is 10.2. The summed E-state index contributed by atoms with van der Waals surface area (Å²) in [6.45, 7) is 5.47. The Hall–Kier alpha value is -1.99. The molecule has 0 bridgehead atoms. The molecule has 118 valence electrons. The van der Waals surface area contributed by atoms with Gasteiger partial charge < -0.3 is 10.4 Å². The first kappa shape index (κ1) is 17.1. The Bertz CT molecular complexity index is 515. The smallest absolute Gasteiger partial charge is 0.305 e. The van der Waals surface area contributed by atoms with E-state index in [4.69, 9.17) is 5.11 Å². The first-order valence-corrected chi connectivity index (χ1v) is 6.58. The Morgan fingerprint density at radius 3 is 2.48 bits per heavy atom. The Balaban J connectivity index is 2.93. The van der Waals surface area contributed by atoms with E-state index < -0.39 is 30.0 Å². The average molecular weight is 303 g/mol. The minimum atomic E-state index is -2.83. The molecule has 0 saturated heterocycles. The summed E-state index contributed by atoms with van der Waals surface area (Å²) in [5, 5.41) is 14.8. The average Bonchev–Trinajstić information content (AvgIpc) is 2.70. The minimum Gasteiger partial charge on any atom is -0.481 e. The first-order chi connectivity index (χ1) is 9.72. The van der Waals surface area contributed by atoms with Gasteiger partial charge in [-0.1, -0.05) is 13.8 Å². The fourth-order valence-electron chi connectivity index (χ4n) is 1.91. The van der Waals surface area contributed by atoms with Gasteiger partial charge in [-0.15, -0.1) is 0 Å². The lowest BCUT2D eigenvalue weighted by Crippen LogP contribution is -2.34. The molecule has 21 heavy (non-hydrogen) atoms. The maximum Gasteiger partial charge on any atom is 0.305 e. The highest BCUT2D eigenvalue weighted by Gasteiger charge is 2.25. The van der Waals surface area contributed by atoms with Gasteiger partial charge in [0.15, 0.2) is 0 Å². The molecule has 1 heterocycles. The summed E-state index contributed by atoms with van der Waals surface area (Å²) >= 11 is 0. The third kappa shape index (κ3) is 4.80. The number of carbonyl (C=O) groups is 2. The second kappa shape index (κ2) is 7.14. The number of nitrogens with zero attached hydrogens (tertiary/aromatic N) is 2. The molecule has 0 aliphatic carbocycles. The van der Waals surface area contributed by atoms with Gasteiger partial charge in [0.25, 0.3) is 12.3 Å². The number of aliphatic carboxylic acids is 1. The molecule has 6 nitrogen and oxygen atoms in total. The molecule has 0 radical (unpaired) electrons. The lowest BCUT2D eigenvalue weighted by Gasteiger charge is -2.13. The number of hydrogen-bond donors (Lipinski definition) is 2. The number of carbonyl (C=O) groups excluding carboxylic acids is 1. The van der Waals surface area contributed by atoms with E-state index in [-0.39, 0.29) is 24.4 Å². The van der Waals surface area contributed by atoms with Crippen molar-refractivity contribution in [2.24, 2.45) is 5.92 Å². The third-order valence-corrected chi connectivity index (χ3v) is 2.73. The number of carboxylic acid groups (broad SMARTS) is 1. The topological polar surface area (TPSA) is 84.2 Å². The fraction of sp³-hybridized carbons (Fsp3) is 0.615. The number of aromatic nitrogens is 2. The molecule has 0 spiro atoms. The summed E-state index contributed by atoms with van der Waals surface area (Å²) in [7, 11) is 0. The van der Waals surface area contributed by atoms with Crippen molar-refractivity contribution in [1.82, 2.24) is 15.1 Å². The highest BCUT2D eigenvalue weighted by molar-refractivity contribution is 5.95. The first-order valence-electron chi connectivity index (χ1n) is 6.58. The molecule has 2 N–H and O–H groups in total. The highest BCUT2D eigenvalue weighted by atomic mass is 19.3. The van der Waals surface area contributed by atoms with Crippen molar-refractivity contribution in [3.63, 3.8) is 0 Å². The summed E-state index contributed by atoms with van der Waals surface area (Å²) in [5.41, 5.74) is -0.661. The number of alkyl halides is 2. The van der Waals surface area contributed by atoms with Gasteiger partial charge in [-0.25, -0.2) is 8.78 Å². The van der Waals surface area contributed by atoms with E-state index in [9.17, 15) is 18.4 Å². The number of carboxylic acids is 1. The van der Waals surface area contributed by atoms with Crippen LogP contribution in [0, 0.1) is 5.92 Å². The maximum absolute atomic E-state index is 13.1. The van der Waals surface area contributed by atoms with E-state index in [1.54, 1.807) is 0 Å². The molecule has 0 fully saturated rings. The Morgan fingerprint density at radius 2 is 2.00 bits per heavy atom. The zero-order valence-corrected chi connectivity index (χ0v) is 12.1. The summed E-state index contributed by atoms with van der Waals surface area (Å²) in [5.74, 6) is -1.72. The van der Waals surface area contributed by atoms with Crippen molar-refractivity contribution >= 4 is 11.9 Å². The zero-order chi connectivity index (χ0) is 16.2. The maximum atomic E-state index is 13.1. The quantitative estimate of drug-likeness (QED) is 0.807. The Morgan fingerprint density at radius 1 is 1.38 bits per heavy atom. The van der Waals surface area contributed by atoms with Crippen molar-refractivity contribution in [2.75, 3.05) is 0 Å². The summed E-state index contributed by atoms with van der Waals surface area (Å²) in [6, 6.07) is -0.658. The normalized spacial score (nSPS) is 12.7. The van der Waals surface area contributed by atoms with Gasteiger partial charge in [-0.2, -0.15) is 5.10 Å². The zero-order valence-electron chi connectivity index (χ0n) is 12.1. The monoisotopic (exact) mass is 303 g/mol. The lowest BCUT2D eigenvalue weighted by molar-refractivity contribution is -0.137. The molecule has 1 unspecified atom stereocenters. The number of halogens is 2. The van der Waals surface area contributed by atoms with Crippen LogP contribution in [-0.4, -0.2) is 32.8 Å². The van der Waals surface area contributed by atoms with Crippen LogP contribution in [0.25, 0.3) is 0 Å². The summed E-state index contributed by atoms with van der Waals surface area (Å²) in [6.07, 6.45) is -2.02. The SMILES string of the molecule is CC(C)Cn1ncc(C(=O)NC(C)CC(=O)O)c1C(F)F. The largest absolute Gasteiger partial charge is 0.481 e. The van der Waals surface area contributed by atoms with Gasteiger partial charge in [0.1, 0.15) is 5.69 Å². The highest BCUT2D eigenvalue weighted by Crippen LogP contribution is 2.23. The van der Waals surface area contributed by atoms with Crippen LogP contribution in [-0.2, 0) is 11.3 Å². The van der Waals surface area contributed by atoms with E-state index in [1.807, 2.05) is 13.8 Å². The van der Waals surface area contributed by atoms with Crippen LogP contribution < -0.4 is 5.32 Å². The number of hydrogen-bond acceptors (Lipinski definition) is 3. The van der Waals surface area contributed by atoms with Crippen LogP contribution in [0.4, 0.5) is 8.78 Å². The third-order valence-electron chi connectivity index (χ3n) is 2.73. The van der Waals surface area contributed by atoms with E-state index in [0.717, 1.165) is 10.9 Å². The predicted molar refractivity (Wildman–Crippen MR) is 71.2 cm³/mol. The van der Waals surface area contributed by atoms with Crippen molar-refractivity contribution in [2.45, 2.75) is 46.2 Å². The molecule has 1 aromatic heterocycles. The second-order valence-corrected chi connectivity index (χ2v) is 5.29. The van der Waals surface area contributed by atoms with E-state index in [2.05, 4.69) is 10.4 Å². The van der Waals surface area contributed by atoms with Gasteiger partial charge in [-0.05, 0) is 12.8 Å². The van der Waals surface area contributed by atoms with Crippen LogP contribution in [0.2, 0.25) is 0 Å². The van der Waals surface area contributed by atoms with Gasteiger partial charge in [0.05, 0.1) is 18.2 Å². The second-order valence-electron chi connectivity index (χ2n) is 5.29. The molecule has 0 aliphatic heterocycles. The molecular weight excluding hydrogens is 284 g/mol.